The lowest BCUT2D eigenvalue weighted by Crippen LogP contribution is -2.36. The maximum atomic E-state index is 12.3. The van der Waals surface area contributed by atoms with Crippen LogP contribution in [0.4, 0.5) is 0 Å². The molecule has 0 radical (unpaired) electrons. The fourth-order valence-corrected chi connectivity index (χ4v) is 2.00. The molecule has 0 spiro atoms. The van der Waals surface area contributed by atoms with Gasteiger partial charge >= 0.3 is 0 Å². The van der Waals surface area contributed by atoms with E-state index in [0.29, 0.717) is 18.8 Å². The highest BCUT2D eigenvalue weighted by Crippen LogP contribution is 2.12. The van der Waals surface area contributed by atoms with Gasteiger partial charge in [0.25, 0.3) is 5.91 Å². The Morgan fingerprint density at radius 2 is 1.90 bits per heavy atom. The van der Waals surface area contributed by atoms with Crippen molar-refractivity contribution >= 4 is 5.91 Å². The zero-order chi connectivity index (χ0) is 15.3. The second-order valence-electron chi connectivity index (χ2n) is 6.01. The number of nitrogens with one attached hydrogen (secondary N) is 1. The van der Waals surface area contributed by atoms with Crippen molar-refractivity contribution < 1.29 is 9.90 Å². The van der Waals surface area contributed by atoms with Gasteiger partial charge in [0.1, 0.15) is 5.69 Å². The average Bonchev–Trinajstić information content (AvgIpc) is 2.94. The van der Waals surface area contributed by atoms with E-state index >= 15 is 0 Å². The number of amides is 1. The molecule has 1 heterocycles. The first-order valence-electron chi connectivity index (χ1n) is 7.10. The van der Waals surface area contributed by atoms with Gasteiger partial charge in [-0.3, -0.25) is 4.79 Å². The molecule has 1 aromatic carbocycles. The van der Waals surface area contributed by atoms with Crippen LogP contribution in [0.15, 0.2) is 48.7 Å². The molecule has 1 aromatic heterocycles. The number of aliphatic hydroxyl groups is 1. The lowest BCUT2D eigenvalue weighted by Gasteiger charge is -2.22. The van der Waals surface area contributed by atoms with E-state index in [1.165, 1.54) is 0 Å². The smallest absolute Gasteiger partial charge is 0.267 e. The van der Waals surface area contributed by atoms with Crippen molar-refractivity contribution in [1.82, 2.24) is 9.88 Å². The second kappa shape index (κ2) is 6.59. The predicted molar refractivity (Wildman–Crippen MR) is 83.2 cm³/mol. The molecule has 0 bridgehead atoms. The molecule has 4 nitrogen and oxygen atoms in total. The summed E-state index contributed by atoms with van der Waals surface area (Å²) in [7, 11) is 0. The number of aliphatic hydroxyl groups excluding tert-OH is 1. The molecular formula is C17H22N2O2. The van der Waals surface area contributed by atoms with Crippen LogP contribution in [0, 0.1) is 5.41 Å². The highest BCUT2D eigenvalue weighted by atomic mass is 16.3. The molecule has 2 N–H and O–H groups in total. The normalized spacial score (nSPS) is 11.4. The van der Waals surface area contributed by atoms with Crippen LogP contribution in [0.5, 0.6) is 0 Å². The summed E-state index contributed by atoms with van der Waals surface area (Å²) >= 11 is 0. The minimum absolute atomic E-state index is 0.0400. The van der Waals surface area contributed by atoms with E-state index in [-0.39, 0.29) is 17.9 Å². The number of carbonyl (C=O) groups is 1. The minimum atomic E-state index is -0.313. The van der Waals surface area contributed by atoms with E-state index in [1.54, 1.807) is 0 Å². The van der Waals surface area contributed by atoms with Crippen LogP contribution in [0.2, 0.25) is 0 Å². The van der Waals surface area contributed by atoms with E-state index < -0.39 is 0 Å². The third-order valence-corrected chi connectivity index (χ3v) is 3.41. The SMILES string of the molecule is CC(C)(CO)CNC(=O)c1cccn1Cc1ccccc1. The summed E-state index contributed by atoms with van der Waals surface area (Å²) in [5.74, 6) is -0.113. The Labute approximate surface area is 125 Å². The zero-order valence-corrected chi connectivity index (χ0v) is 12.5. The Morgan fingerprint density at radius 3 is 2.57 bits per heavy atom. The molecule has 2 rings (SSSR count). The molecule has 0 atom stereocenters. The number of hydrogen-bond acceptors (Lipinski definition) is 2. The van der Waals surface area contributed by atoms with Gasteiger partial charge in [-0.2, -0.15) is 0 Å². The minimum Gasteiger partial charge on any atom is -0.396 e. The van der Waals surface area contributed by atoms with Gasteiger partial charge in [-0.1, -0.05) is 44.2 Å². The summed E-state index contributed by atoms with van der Waals surface area (Å²) in [6, 6.07) is 13.7. The Kier molecular flexibility index (Phi) is 4.81. The fraction of sp³-hybridized carbons (Fsp3) is 0.353. The molecule has 0 aliphatic carbocycles. The Bertz CT molecular complexity index is 588. The topological polar surface area (TPSA) is 54.3 Å². The fourth-order valence-electron chi connectivity index (χ4n) is 2.00. The molecule has 1 amide bonds. The number of carbonyl (C=O) groups excluding carboxylic acids is 1. The van der Waals surface area contributed by atoms with Crippen LogP contribution >= 0.6 is 0 Å². The molecule has 21 heavy (non-hydrogen) atoms. The predicted octanol–water partition coefficient (Wildman–Crippen LogP) is 2.28. The van der Waals surface area contributed by atoms with Gasteiger partial charge in [0.2, 0.25) is 0 Å². The third-order valence-electron chi connectivity index (χ3n) is 3.41. The summed E-state index contributed by atoms with van der Waals surface area (Å²) in [4.78, 5) is 12.3. The van der Waals surface area contributed by atoms with Crippen molar-refractivity contribution in [1.29, 1.82) is 0 Å². The summed E-state index contributed by atoms with van der Waals surface area (Å²) in [5, 5.41) is 12.1. The molecule has 2 aromatic rings. The third kappa shape index (κ3) is 4.20. The van der Waals surface area contributed by atoms with Gasteiger partial charge in [-0.05, 0) is 17.7 Å². The van der Waals surface area contributed by atoms with Crippen LogP contribution in [-0.2, 0) is 6.54 Å². The number of hydrogen-bond donors (Lipinski definition) is 2. The zero-order valence-electron chi connectivity index (χ0n) is 12.5. The lowest BCUT2D eigenvalue weighted by molar-refractivity contribution is 0.0902. The molecule has 0 saturated heterocycles. The number of benzene rings is 1. The van der Waals surface area contributed by atoms with Crippen LogP contribution in [0.25, 0.3) is 0 Å². The van der Waals surface area contributed by atoms with Gasteiger partial charge in [-0.15, -0.1) is 0 Å². The lowest BCUT2D eigenvalue weighted by atomic mass is 9.95. The van der Waals surface area contributed by atoms with Crippen molar-refractivity contribution in [2.45, 2.75) is 20.4 Å². The first-order chi connectivity index (χ1) is 10.0. The molecule has 0 unspecified atom stereocenters. The Balaban J connectivity index is 2.04. The molecule has 0 fully saturated rings. The summed E-state index contributed by atoms with van der Waals surface area (Å²) in [6.45, 7) is 4.98. The van der Waals surface area contributed by atoms with Crippen molar-refractivity contribution in [3.8, 4) is 0 Å². The highest BCUT2D eigenvalue weighted by Gasteiger charge is 2.19. The van der Waals surface area contributed by atoms with Gasteiger partial charge < -0.3 is 15.0 Å². The Morgan fingerprint density at radius 1 is 1.19 bits per heavy atom. The first-order valence-corrected chi connectivity index (χ1v) is 7.10. The molecular weight excluding hydrogens is 264 g/mol. The van der Waals surface area contributed by atoms with E-state index in [0.717, 1.165) is 5.56 Å². The van der Waals surface area contributed by atoms with E-state index in [4.69, 9.17) is 0 Å². The standard InChI is InChI=1S/C17H22N2O2/c1-17(2,13-20)12-18-16(21)15-9-6-10-19(15)11-14-7-4-3-5-8-14/h3-10,20H,11-13H2,1-2H3,(H,18,21). The van der Waals surface area contributed by atoms with E-state index in [1.807, 2.05) is 67.1 Å². The quantitative estimate of drug-likeness (QED) is 0.856. The molecule has 0 aliphatic heterocycles. The number of rotatable bonds is 6. The van der Waals surface area contributed by atoms with Crippen LogP contribution in [-0.4, -0.2) is 28.7 Å². The van der Waals surface area contributed by atoms with Gasteiger partial charge in [0.05, 0.1) is 0 Å². The average molecular weight is 286 g/mol. The van der Waals surface area contributed by atoms with Crippen molar-refractivity contribution in [2.24, 2.45) is 5.41 Å². The number of aromatic nitrogens is 1. The first kappa shape index (κ1) is 15.3. The van der Waals surface area contributed by atoms with Crippen LogP contribution in [0.1, 0.15) is 29.9 Å². The van der Waals surface area contributed by atoms with Crippen molar-refractivity contribution in [3.05, 3.63) is 59.9 Å². The molecule has 4 heteroatoms. The monoisotopic (exact) mass is 286 g/mol. The Hall–Kier alpha value is -2.07. The van der Waals surface area contributed by atoms with E-state index in [9.17, 15) is 9.90 Å². The molecule has 112 valence electrons. The van der Waals surface area contributed by atoms with Gasteiger partial charge in [0, 0.05) is 31.3 Å². The van der Waals surface area contributed by atoms with E-state index in [2.05, 4.69) is 5.32 Å². The largest absolute Gasteiger partial charge is 0.396 e. The van der Waals surface area contributed by atoms with Crippen LogP contribution in [0.3, 0.4) is 0 Å². The second-order valence-corrected chi connectivity index (χ2v) is 6.01. The number of nitrogens with zero attached hydrogens (tertiary/aromatic N) is 1. The summed E-state index contributed by atoms with van der Waals surface area (Å²) in [6.07, 6.45) is 1.90. The van der Waals surface area contributed by atoms with Crippen molar-refractivity contribution in [2.75, 3.05) is 13.2 Å². The van der Waals surface area contributed by atoms with Crippen molar-refractivity contribution in [3.63, 3.8) is 0 Å². The molecule has 0 aliphatic rings. The summed E-state index contributed by atoms with van der Waals surface area (Å²) < 4.78 is 1.93. The van der Waals surface area contributed by atoms with Gasteiger partial charge in [-0.25, -0.2) is 0 Å². The van der Waals surface area contributed by atoms with Gasteiger partial charge in [0.15, 0.2) is 0 Å². The summed E-state index contributed by atoms with van der Waals surface area (Å²) in [5.41, 5.74) is 1.47. The highest BCUT2D eigenvalue weighted by molar-refractivity contribution is 5.92. The van der Waals surface area contributed by atoms with Crippen LogP contribution < -0.4 is 5.32 Å². The molecule has 0 saturated carbocycles. The maximum absolute atomic E-state index is 12.3. The maximum Gasteiger partial charge on any atom is 0.267 e.